The van der Waals surface area contributed by atoms with E-state index in [-0.39, 0.29) is 12.4 Å². The molecule has 0 saturated carbocycles. The molecule has 0 aliphatic heterocycles. The largest absolute Gasteiger partial charge is 0.350 e. The Labute approximate surface area is 160 Å². The molecule has 5 nitrogen and oxygen atoms in total. The Morgan fingerprint density at radius 1 is 1.15 bits per heavy atom. The van der Waals surface area contributed by atoms with E-state index in [1.165, 1.54) is 16.4 Å². The number of carbonyl (C=O) groups excluding carboxylic acids is 1. The van der Waals surface area contributed by atoms with Crippen molar-refractivity contribution < 1.29 is 17.6 Å². The lowest BCUT2D eigenvalue weighted by Gasteiger charge is -2.31. The first-order chi connectivity index (χ1) is 12.6. The van der Waals surface area contributed by atoms with Gasteiger partial charge in [0.25, 0.3) is 0 Å². The number of nitrogens with one attached hydrogen (secondary N) is 1. The topological polar surface area (TPSA) is 66.5 Å². The number of hydrogen-bond donors (Lipinski definition) is 1. The highest BCUT2D eigenvalue weighted by atomic mass is 32.2. The van der Waals surface area contributed by atoms with Crippen LogP contribution in [0, 0.1) is 19.7 Å². The number of carbonyl (C=O) groups is 1. The highest BCUT2D eigenvalue weighted by Crippen LogP contribution is 2.27. The van der Waals surface area contributed by atoms with Gasteiger partial charge in [-0.2, -0.15) is 0 Å². The van der Waals surface area contributed by atoms with Crippen LogP contribution >= 0.6 is 0 Å². The monoisotopic (exact) mass is 392 g/mol. The Bertz CT molecular complexity index is 911. The average molecular weight is 392 g/mol. The van der Waals surface area contributed by atoms with Crippen molar-refractivity contribution in [3.05, 3.63) is 65.0 Å². The van der Waals surface area contributed by atoms with Crippen LogP contribution in [0.4, 0.5) is 10.1 Å². The third-order valence-corrected chi connectivity index (χ3v) is 5.48. The second kappa shape index (κ2) is 8.52. The number of halogens is 1. The quantitative estimate of drug-likeness (QED) is 0.786. The summed E-state index contributed by atoms with van der Waals surface area (Å²) in [6, 6.07) is 10.4. The second-order valence-electron chi connectivity index (χ2n) is 6.62. The van der Waals surface area contributed by atoms with E-state index in [1.807, 2.05) is 26.0 Å². The van der Waals surface area contributed by atoms with Crippen LogP contribution in [0.5, 0.6) is 0 Å². The van der Waals surface area contributed by atoms with Gasteiger partial charge in [0.15, 0.2) is 0 Å². The van der Waals surface area contributed by atoms with E-state index < -0.39 is 22.0 Å². The fourth-order valence-electron chi connectivity index (χ4n) is 2.90. The molecule has 146 valence electrons. The van der Waals surface area contributed by atoms with Gasteiger partial charge in [-0.05, 0) is 55.2 Å². The molecule has 0 saturated heterocycles. The lowest BCUT2D eigenvalue weighted by atomic mass is 10.1. The third kappa shape index (κ3) is 5.29. The molecule has 27 heavy (non-hydrogen) atoms. The Morgan fingerprint density at radius 3 is 2.33 bits per heavy atom. The van der Waals surface area contributed by atoms with Crippen molar-refractivity contribution in [2.75, 3.05) is 10.6 Å². The molecule has 1 atom stereocenters. The van der Waals surface area contributed by atoms with Gasteiger partial charge in [0.1, 0.15) is 11.9 Å². The smallest absolute Gasteiger partial charge is 0.244 e. The van der Waals surface area contributed by atoms with Gasteiger partial charge in [-0.25, -0.2) is 12.8 Å². The molecule has 0 spiro atoms. The van der Waals surface area contributed by atoms with Crippen LogP contribution < -0.4 is 9.62 Å². The minimum Gasteiger partial charge on any atom is -0.350 e. The summed E-state index contributed by atoms with van der Waals surface area (Å²) in [7, 11) is -3.68. The lowest BCUT2D eigenvalue weighted by Crippen LogP contribution is -2.49. The maximum absolute atomic E-state index is 13.0. The van der Waals surface area contributed by atoms with Crippen molar-refractivity contribution in [2.45, 2.75) is 39.8 Å². The molecule has 0 heterocycles. The molecule has 1 amide bonds. The molecule has 0 bridgehead atoms. The summed E-state index contributed by atoms with van der Waals surface area (Å²) in [4.78, 5) is 12.8. The molecule has 2 aromatic rings. The van der Waals surface area contributed by atoms with E-state index in [0.717, 1.165) is 22.9 Å². The van der Waals surface area contributed by atoms with E-state index in [2.05, 4.69) is 5.32 Å². The number of anilines is 1. The standard InChI is InChI=1S/C20H25FN2O3S/c1-5-18(20(24)22-13-16-8-10-17(21)11-9-16)23(27(4,25)26)19-12-14(2)6-7-15(19)3/h6-12,18H,5,13H2,1-4H3,(H,22,24). The maximum Gasteiger partial charge on any atom is 0.244 e. The molecule has 7 heteroatoms. The van der Waals surface area contributed by atoms with Gasteiger partial charge < -0.3 is 5.32 Å². The van der Waals surface area contributed by atoms with Crippen LogP contribution in [0.1, 0.15) is 30.0 Å². The first-order valence-electron chi connectivity index (χ1n) is 8.72. The summed E-state index contributed by atoms with van der Waals surface area (Å²) in [5.41, 5.74) is 2.92. The molecule has 1 unspecified atom stereocenters. The highest BCUT2D eigenvalue weighted by Gasteiger charge is 2.32. The van der Waals surface area contributed by atoms with Gasteiger partial charge in [0.05, 0.1) is 11.9 Å². The van der Waals surface area contributed by atoms with Crippen LogP contribution in [0.3, 0.4) is 0 Å². The number of benzene rings is 2. The van der Waals surface area contributed by atoms with E-state index in [4.69, 9.17) is 0 Å². The Balaban J connectivity index is 2.30. The van der Waals surface area contributed by atoms with Crippen molar-refractivity contribution in [1.29, 1.82) is 0 Å². The third-order valence-electron chi connectivity index (χ3n) is 4.31. The minimum atomic E-state index is -3.68. The van der Waals surface area contributed by atoms with E-state index in [1.54, 1.807) is 25.1 Å². The minimum absolute atomic E-state index is 0.194. The fourth-order valence-corrected chi connectivity index (χ4v) is 4.16. The molecule has 0 aliphatic rings. The van der Waals surface area contributed by atoms with Gasteiger partial charge in [0, 0.05) is 6.54 Å². The van der Waals surface area contributed by atoms with Crippen molar-refractivity contribution >= 4 is 21.6 Å². The lowest BCUT2D eigenvalue weighted by molar-refractivity contribution is -0.122. The fraction of sp³-hybridized carbons (Fsp3) is 0.350. The zero-order valence-electron chi connectivity index (χ0n) is 16.0. The predicted octanol–water partition coefficient (Wildman–Crippen LogP) is 3.30. The predicted molar refractivity (Wildman–Crippen MR) is 106 cm³/mol. The van der Waals surface area contributed by atoms with Crippen LogP contribution in [0.2, 0.25) is 0 Å². The molecule has 2 rings (SSSR count). The van der Waals surface area contributed by atoms with Gasteiger partial charge in [0.2, 0.25) is 15.9 Å². The van der Waals surface area contributed by atoms with E-state index in [0.29, 0.717) is 12.1 Å². The first kappa shape index (κ1) is 20.9. The van der Waals surface area contributed by atoms with Gasteiger partial charge >= 0.3 is 0 Å². The molecular weight excluding hydrogens is 367 g/mol. The van der Waals surface area contributed by atoms with Gasteiger partial charge in [-0.3, -0.25) is 9.10 Å². The first-order valence-corrected chi connectivity index (χ1v) is 10.6. The van der Waals surface area contributed by atoms with Crippen molar-refractivity contribution in [1.82, 2.24) is 5.32 Å². The summed E-state index contributed by atoms with van der Waals surface area (Å²) < 4.78 is 39.2. The zero-order valence-corrected chi connectivity index (χ0v) is 16.8. The van der Waals surface area contributed by atoms with Crippen molar-refractivity contribution in [2.24, 2.45) is 0 Å². The van der Waals surface area contributed by atoms with Crippen molar-refractivity contribution in [3.8, 4) is 0 Å². The van der Waals surface area contributed by atoms with Crippen LogP contribution in [-0.2, 0) is 21.4 Å². The zero-order chi connectivity index (χ0) is 20.2. The molecular formula is C20H25FN2O3S. The Kier molecular flexibility index (Phi) is 6.59. The summed E-state index contributed by atoms with van der Waals surface area (Å²) in [5, 5.41) is 2.76. The number of hydrogen-bond acceptors (Lipinski definition) is 3. The number of amides is 1. The average Bonchev–Trinajstić information content (AvgIpc) is 2.60. The Morgan fingerprint density at radius 2 is 1.78 bits per heavy atom. The number of nitrogens with zero attached hydrogens (tertiary/aromatic N) is 1. The second-order valence-corrected chi connectivity index (χ2v) is 8.48. The molecule has 0 radical (unpaired) electrons. The number of sulfonamides is 1. The summed E-state index contributed by atoms with van der Waals surface area (Å²) in [6.07, 6.45) is 1.42. The highest BCUT2D eigenvalue weighted by molar-refractivity contribution is 7.92. The number of rotatable bonds is 7. The SMILES string of the molecule is CCC(C(=O)NCc1ccc(F)cc1)N(c1cc(C)ccc1C)S(C)(=O)=O. The molecule has 1 N–H and O–H groups in total. The molecule has 0 aromatic heterocycles. The van der Waals surface area contributed by atoms with Crippen LogP contribution in [0.15, 0.2) is 42.5 Å². The van der Waals surface area contributed by atoms with Crippen molar-refractivity contribution in [3.63, 3.8) is 0 Å². The summed E-state index contributed by atoms with van der Waals surface area (Å²) in [6.45, 7) is 5.65. The summed E-state index contributed by atoms with van der Waals surface area (Å²) in [5.74, 6) is -0.747. The van der Waals surface area contributed by atoms with Gasteiger partial charge in [-0.15, -0.1) is 0 Å². The Hall–Kier alpha value is -2.41. The molecule has 2 aromatic carbocycles. The normalized spacial score (nSPS) is 12.5. The van der Waals surface area contributed by atoms with E-state index in [9.17, 15) is 17.6 Å². The summed E-state index contributed by atoms with van der Waals surface area (Å²) >= 11 is 0. The van der Waals surface area contributed by atoms with Crippen LogP contribution in [0.25, 0.3) is 0 Å². The molecule has 0 aliphatic carbocycles. The van der Waals surface area contributed by atoms with Gasteiger partial charge in [-0.1, -0.05) is 31.2 Å². The maximum atomic E-state index is 13.0. The number of aryl methyl sites for hydroxylation is 2. The molecule has 0 fully saturated rings. The van der Waals surface area contributed by atoms with Crippen LogP contribution in [-0.4, -0.2) is 26.6 Å². The van der Waals surface area contributed by atoms with E-state index >= 15 is 0 Å².